The maximum absolute atomic E-state index is 13.0. The predicted molar refractivity (Wildman–Crippen MR) is 91.2 cm³/mol. The van der Waals surface area contributed by atoms with Gasteiger partial charge in [0.05, 0.1) is 0 Å². The van der Waals surface area contributed by atoms with E-state index in [1.54, 1.807) is 13.8 Å². The molecule has 1 aromatic carbocycles. The van der Waals surface area contributed by atoms with Crippen LogP contribution >= 0.6 is 0 Å². The summed E-state index contributed by atoms with van der Waals surface area (Å²) in [5, 5.41) is 6.55. The molecule has 1 aliphatic rings. The van der Waals surface area contributed by atoms with Crippen LogP contribution in [0, 0.1) is 13.8 Å². The van der Waals surface area contributed by atoms with Crippen LogP contribution in [0.5, 0.6) is 0 Å². The van der Waals surface area contributed by atoms with Crippen molar-refractivity contribution in [1.82, 2.24) is 14.8 Å². The fourth-order valence-electron chi connectivity index (χ4n) is 3.15. The number of nitrogens with zero attached hydrogens (tertiary/aromatic N) is 2. The van der Waals surface area contributed by atoms with Crippen molar-refractivity contribution in [3.63, 3.8) is 0 Å². The van der Waals surface area contributed by atoms with Crippen molar-refractivity contribution in [3.8, 4) is 0 Å². The number of nitrogens with one attached hydrogen (secondary N) is 1. The van der Waals surface area contributed by atoms with Crippen LogP contribution < -0.4 is 5.32 Å². The first kappa shape index (κ1) is 17.6. The quantitative estimate of drug-likeness (QED) is 0.874. The minimum atomic E-state index is -3.82. The minimum absolute atomic E-state index is 0.0651. The van der Waals surface area contributed by atoms with Crippen molar-refractivity contribution in [2.24, 2.45) is 0 Å². The van der Waals surface area contributed by atoms with Gasteiger partial charge in [-0.05, 0) is 32.3 Å². The molecule has 0 unspecified atom stereocenters. The minimum Gasteiger partial charge on any atom is -0.360 e. The Morgan fingerprint density at radius 3 is 2.68 bits per heavy atom. The normalized spacial score (nSPS) is 18.4. The smallest absolute Gasteiger partial charge is 0.249 e. The van der Waals surface area contributed by atoms with Gasteiger partial charge in [-0.15, -0.1) is 0 Å². The largest absolute Gasteiger partial charge is 0.360 e. The van der Waals surface area contributed by atoms with Gasteiger partial charge in [0, 0.05) is 13.1 Å². The molecular formula is C17H21N3O4S. The van der Waals surface area contributed by atoms with E-state index in [4.69, 9.17) is 4.52 Å². The number of carbonyl (C=O) groups excluding carboxylic acids is 1. The maximum Gasteiger partial charge on any atom is 0.249 e. The molecule has 1 N–H and O–H groups in total. The summed E-state index contributed by atoms with van der Waals surface area (Å²) in [7, 11) is -3.82. The molecular weight excluding hydrogens is 342 g/mol. The number of rotatable bonds is 5. The number of aromatic nitrogens is 1. The van der Waals surface area contributed by atoms with Crippen molar-refractivity contribution in [2.75, 3.05) is 6.54 Å². The SMILES string of the molecule is Cc1noc(C)c1S(=O)(=O)N1CCC[C@H]1C(=O)NCc1ccccc1. The highest BCUT2D eigenvalue weighted by Crippen LogP contribution is 2.29. The third kappa shape index (κ3) is 3.45. The van der Waals surface area contributed by atoms with Gasteiger partial charge in [0.1, 0.15) is 16.6 Å². The molecule has 0 bridgehead atoms. The molecule has 25 heavy (non-hydrogen) atoms. The highest BCUT2D eigenvalue weighted by atomic mass is 32.2. The molecule has 1 atom stereocenters. The number of benzene rings is 1. The molecule has 1 aromatic heterocycles. The first-order chi connectivity index (χ1) is 11.9. The molecule has 3 rings (SSSR count). The van der Waals surface area contributed by atoms with Gasteiger partial charge in [-0.3, -0.25) is 4.79 Å². The van der Waals surface area contributed by atoms with E-state index in [2.05, 4.69) is 10.5 Å². The highest BCUT2D eigenvalue weighted by molar-refractivity contribution is 7.89. The summed E-state index contributed by atoms with van der Waals surface area (Å²) in [5.74, 6) is -0.0375. The molecule has 0 aliphatic carbocycles. The lowest BCUT2D eigenvalue weighted by molar-refractivity contribution is -0.124. The third-order valence-corrected chi connectivity index (χ3v) is 6.50. The Morgan fingerprint density at radius 2 is 2.04 bits per heavy atom. The lowest BCUT2D eigenvalue weighted by Crippen LogP contribution is -2.45. The van der Waals surface area contributed by atoms with Crippen molar-refractivity contribution in [3.05, 3.63) is 47.3 Å². The second-order valence-corrected chi connectivity index (χ2v) is 7.96. The number of hydrogen-bond acceptors (Lipinski definition) is 5. The van der Waals surface area contributed by atoms with Crippen LogP contribution in [0.4, 0.5) is 0 Å². The fraction of sp³-hybridized carbons (Fsp3) is 0.412. The summed E-state index contributed by atoms with van der Waals surface area (Å²) < 4.78 is 32.2. The summed E-state index contributed by atoms with van der Waals surface area (Å²) >= 11 is 0. The summed E-state index contributed by atoms with van der Waals surface area (Å²) in [5.41, 5.74) is 1.28. The Kier molecular flexibility index (Phi) is 4.91. The molecule has 7 nitrogen and oxygen atoms in total. The van der Waals surface area contributed by atoms with E-state index in [1.807, 2.05) is 30.3 Å². The van der Waals surface area contributed by atoms with Gasteiger partial charge in [-0.25, -0.2) is 8.42 Å². The highest BCUT2D eigenvalue weighted by Gasteiger charge is 2.41. The van der Waals surface area contributed by atoms with Gasteiger partial charge in [0.15, 0.2) is 5.76 Å². The number of sulfonamides is 1. The lowest BCUT2D eigenvalue weighted by atomic mass is 10.2. The van der Waals surface area contributed by atoms with Crippen LogP contribution in [0.3, 0.4) is 0 Å². The Hall–Kier alpha value is -2.19. The van der Waals surface area contributed by atoms with Crippen LogP contribution in [-0.4, -0.2) is 36.4 Å². The van der Waals surface area contributed by atoms with Gasteiger partial charge in [0.25, 0.3) is 0 Å². The van der Waals surface area contributed by atoms with Crippen LogP contribution in [0.2, 0.25) is 0 Å². The van der Waals surface area contributed by atoms with E-state index in [0.29, 0.717) is 31.6 Å². The summed E-state index contributed by atoms with van der Waals surface area (Å²) in [6.07, 6.45) is 1.15. The van der Waals surface area contributed by atoms with E-state index in [-0.39, 0.29) is 16.6 Å². The van der Waals surface area contributed by atoms with Gasteiger partial charge in [0.2, 0.25) is 15.9 Å². The van der Waals surface area contributed by atoms with Crippen LogP contribution in [0.1, 0.15) is 29.9 Å². The molecule has 1 saturated heterocycles. The molecule has 1 aliphatic heterocycles. The summed E-state index contributed by atoms with van der Waals surface area (Å²) in [4.78, 5) is 12.6. The standard InChI is InChI=1S/C17H21N3O4S/c1-12-16(13(2)24-19-12)25(22,23)20-10-6-9-15(20)17(21)18-11-14-7-4-3-5-8-14/h3-5,7-8,15H,6,9-11H2,1-2H3,(H,18,21)/t15-/m0/s1. The van der Waals surface area contributed by atoms with Crippen LogP contribution in [-0.2, 0) is 21.4 Å². The third-order valence-electron chi connectivity index (χ3n) is 4.35. The van der Waals surface area contributed by atoms with Gasteiger partial charge < -0.3 is 9.84 Å². The van der Waals surface area contributed by atoms with Crippen molar-refractivity contribution in [2.45, 2.75) is 44.2 Å². The molecule has 134 valence electrons. The average molecular weight is 363 g/mol. The second-order valence-electron chi connectivity index (χ2n) is 6.13. The monoisotopic (exact) mass is 363 g/mol. The summed E-state index contributed by atoms with van der Waals surface area (Å²) in [6.45, 7) is 3.84. The van der Waals surface area contributed by atoms with Crippen LogP contribution in [0.25, 0.3) is 0 Å². The second kappa shape index (κ2) is 6.97. The van der Waals surface area contributed by atoms with E-state index in [9.17, 15) is 13.2 Å². The Balaban J connectivity index is 1.77. The Morgan fingerprint density at radius 1 is 1.32 bits per heavy atom. The Bertz CT molecular complexity index is 842. The van der Waals surface area contributed by atoms with E-state index in [0.717, 1.165) is 5.56 Å². The molecule has 2 aromatic rings. The van der Waals surface area contributed by atoms with E-state index < -0.39 is 16.1 Å². The number of amides is 1. The van der Waals surface area contributed by atoms with Crippen molar-refractivity contribution >= 4 is 15.9 Å². The van der Waals surface area contributed by atoms with E-state index >= 15 is 0 Å². The zero-order valence-electron chi connectivity index (χ0n) is 14.2. The van der Waals surface area contributed by atoms with Crippen molar-refractivity contribution in [1.29, 1.82) is 0 Å². The molecule has 8 heteroatoms. The van der Waals surface area contributed by atoms with Crippen LogP contribution in [0.15, 0.2) is 39.8 Å². The van der Waals surface area contributed by atoms with Gasteiger partial charge in [-0.1, -0.05) is 35.5 Å². The van der Waals surface area contributed by atoms with Gasteiger partial charge in [-0.2, -0.15) is 4.31 Å². The number of aryl methyl sites for hydroxylation is 2. The molecule has 0 saturated carbocycles. The first-order valence-electron chi connectivity index (χ1n) is 8.17. The Labute approximate surface area is 147 Å². The molecule has 1 amide bonds. The predicted octanol–water partition coefficient (Wildman–Crippen LogP) is 1.76. The van der Waals surface area contributed by atoms with Crippen molar-refractivity contribution < 1.29 is 17.7 Å². The molecule has 0 spiro atoms. The molecule has 1 fully saturated rings. The van der Waals surface area contributed by atoms with Gasteiger partial charge >= 0.3 is 0 Å². The number of hydrogen-bond donors (Lipinski definition) is 1. The van der Waals surface area contributed by atoms with E-state index in [1.165, 1.54) is 4.31 Å². The lowest BCUT2D eigenvalue weighted by Gasteiger charge is -2.23. The average Bonchev–Trinajstić information content (AvgIpc) is 3.21. The summed E-state index contributed by atoms with van der Waals surface area (Å²) in [6, 6.07) is 8.81. The maximum atomic E-state index is 13.0. The first-order valence-corrected chi connectivity index (χ1v) is 9.61. The topological polar surface area (TPSA) is 92.5 Å². The number of carbonyl (C=O) groups is 1. The molecule has 0 radical (unpaired) electrons. The fourth-order valence-corrected chi connectivity index (χ4v) is 5.10. The zero-order chi connectivity index (χ0) is 18.0. The molecule has 2 heterocycles. The zero-order valence-corrected chi connectivity index (χ0v) is 15.0.